The zero-order valence-corrected chi connectivity index (χ0v) is 34.7. The summed E-state index contributed by atoms with van der Waals surface area (Å²) in [5, 5.41) is 5.98. The van der Waals surface area contributed by atoms with Crippen LogP contribution in [0.5, 0.6) is 0 Å². The molecule has 3 N–H and O–H groups in total. The van der Waals surface area contributed by atoms with Crippen molar-refractivity contribution in [3.8, 4) is 11.5 Å². The molecule has 2 aliphatic rings. The summed E-state index contributed by atoms with van der Waals surface area (Å²) in [6.45, 7) is 6.51. The summed E-state index contributed by atoms with van der Waals surface area (Å²) in [5.41, 5.74) is 1.29. The Morgan fingerprint density at radius 1 is 0.867 bits per heavy atom. The number of carbonyl (C=O) groups excluding carboxylic acids is 4. The first-order chi connectivity index (χ1) is 28.3. The van der Waals surface area contributed by atoms with E-state index in [1.165, 1.54) is 30.3 Å². The minimum absolute atomic E-state index is 0.0858. The van der Waals surface area contributed by atoms with Crippen molar-refractivity contribution < 1.29 is 45.5 Å². The van der Waals surface area contributed by atoms with E-state index in [4.69, 9.17) is 4.98 Å². The van der Waals surface area contributed by atoms with Crippen LogP contribution in [0.15, 0.2) is 36.4 Å². The Hall–Kier alpha value is -4.93. The van der Waals surface area contributed by atoms with Crippen molar-refractivity contribution in [3.63, 3.8) is 0 Å². The lowest BCUT2D eigenvalue weighted by molar-refractivity contribution is -0.140. The van der Waals surface area contributed by atoms with Gasteiger partial charge in [-0.3, -0.25) is 19.2 Å². The van der Waals surface area contributed by atoms with Crippen molar-refractivity contribution in [2.75, 3.05) is 20.1 Å². The second kappa shape index (κ2) is 17.6. The van der Waals surface area contributed by atoms with Crippen molar-refractivity contribution in [3.05, 3.63) is 53.6 Å². The predicted molar refractivity (Wildman–Crippen MR) is 214 cm³/mol. The molecule has 0 radical (unpaired) electrons. The Morgan fingerprint density at radius 2 is 1.50 bits per heavy atom. The van der Waals surface area contributed by atoms with Crippen LogP contribution < -0.4 is 10.6 Å². The van der Waals surface area contributed by atoms with Crippen molar-refractivity contribution in [1.29, 1.82) is 0 Å². The average molecular weight is 846 g/mol. The molecule has 3 amide bonds. The fourth-order valence-corrected chi connectivity index (χ4v) is 8.47. The molecule has 6 unspecified atom stereocenters. The monoisotopic (exact) mass is 845 g/mol. The Labute approximate surface area is 344 Å². The van der Waals surface area contributed by atoms with Gasteiger partial charge in [-0.1, -0.05) is 27.7 Å². The molecule has 0 bridgehead atoms. The number of H-pyrrole nitrogens is 1. The number of halogens is 6. The maximum absolute atomic E-state index is 15.4. The fourth-order valence-electron chi connectivity index (χ4n) is 8.47. The molecule has 2 fully saturated rings. The minimum atomic E-state index is -3.29. The molecule has 0 aliphatic carbocycles. The zero-order valence-electron chi connectivity index (χ0n) is 34.7. The van der Waals surface area contributed by atoms with Gasteiger partial charge in [-0.15, -0.1) is 0 Å². The molecular weight excluding hydrogens is 793 g/mol. The first kappa shape index (κ1) is 44.6. The molecule has 11 nitrogen and oxygen atoms in total. The molecule has 6 rings (SSSR count). The SMILES string of the molecule is CCC(C)C(=O)NC(CC)C(=O)N1CC(F)(F)CC1Cn1c(-c2[nH]c3cc(F)ccc3c2CC2CC(F)(F)CN2C(=O)C(CC)CC(=O)C(C)NC)nc2cc(F)ccc21. The van der Waals surface area contributed by atoms with Crippen LogP contribution in [0, 0.1) is 23.5 Å². The first-order valence-corrected chi connectivity index (χ1v) is 20.6. The topological polar surface area (TPSA) is 132 Å². The van der Waals surface area contributed by atoms with Gasteiger partial charge in [0.15, 0.2) is 5.82 Å². The summed E-state index contributed by atoms with van der Waals surface area (Å²) < 4.78 is 92.6. The Morgan fingerprint density at radius 3 is 2.13 bits per heavy atom. The smallest absolute Gasteiger partial charge is 0.267 e. The molecule has 17 heteroatoms. The third kappa shape index (κ3) is 9.20. The highest BCUT2D eigenvalue weighted by Crippen LogP contribution is 2.41. The highest BCUT2D eigenvalue weighted by molar-refractivity contribution is 5.93. The van der Waals surface area contributed by atoms with Crippen LogP contribution >= 0.6 is 0 Å². The number of nitrogens with one attached hydrogen (secondary N) is 3. The second-order valence-corrected chi connectivity index (χ2v) is 16.5. The number of fused-ring (bicyclic) bond motifs is 2. The van der Waals surface area contributed by atoms with Gasteiger partial charge in [0, 0.05) is 60.7 Å². The summed E-state index contributed by atoms with van der Waals surface area (Å²) in [7, 11) is 1.61. The number of hydrogen-bond donors (Lipinski definition) is 3. The summed E-state index contributed by atoms with van der Waals surface area (Å²) >= 11 is 0. The highest BCUT2D eigenvalue weighted by Gasteiger charge is 2.50. The fraction of sp³-hybridized carbons (Fsp3) is 0.558. The number of likely N-dealkylation sites (tertiary alicyclic amines) is 2. The van der Waals surface area contributed by atoms with E-state index in [0.717, 1.165) is 15.9 Å². The van der Waals surface area contributed by atoms with Crippen molar-refractivity contribution >= 4 is 45.4 Å². The quantitative estimate of drug-likeness (QED) is 0.104. The van der Waals surface area contributed by atoms with Gasteiger partial charge in [0.05, 0.1) is 41.9 Å². The van der Waals surface area contributed by atoms with Gasteiger partial charge in [-0.05, 0) is 75.5 Å². The number of ketones is 1. The molecule has 0 spiro atoms. The molecule has 60 heavy (non-hydrogen) atoms. The average Bonchev–Trinajstić information content (AvgIpc) is 3.92. The van der Waals surface area contributed by atoms with Gasteiger partial charge in [-0.25, -0.2) is 31.3 Å². The van der Waals surface area contributed by atoms with Crippen LogP contribution in [-0.2, 0) is 32.1 Å². The molecule has 2 aliphatic heterocycles. The summed E-state index contributed by atoms with van der Waals surface area (Å²) in [5.74, 6) is -10.9. The van der Waals surface area contributed by atoms with Crippen molar-refractivity contribution in [2.45, 2.75) is 122 Å². The number of Topliss-reactive ketones (excluding diaryl/α,β-unsaturated/α-hetero) is 1. The number of benzene rings is 2. The lowest BCUT2D eigenvalue weighted by Gasteiger charge is -2.30. The number of imidazole rings is 1. The number of alkyl halides is 4. The number of aromatic nitrogens is 3. The first-order valence-electron chi connectivity index (χ1n) is 20.6. The number of likely N-dealkylation sites (N-methyl/N-ethyl adjacent to an activating group) is 1. The van der Waals surface area contributed by atoms with Gasteiger partial charge in [-0.2, -0.15) is 0 Å². The zero-order chi connectivity index (χ0) is 43.8. The molecule has 0 saturated carbocycles. The number of carbonyl (C=O) groups is 4. The predicted octanol–water partition coefficient (Wildman–Crippen LogP) is 7.01. The van der Waals surface area contributed by atoms with Crippen LogP contribution in [0.25, 0.3) is 33.5 Å². The van der Waals surface area contributed by atoms with Crippen LogP contribution in [0.1, 0.15) is 78.7 Å². The molecule has 326 valence electrons. The van der Waals surface area contributed by atoms with Crippen LogP contribution in [-0.4, -0.2) is 104 Å². The largest absolute Gasteiger partial charge is 0.352 e. The van der Waals surface area contributed by atoms with Gasteiger partial charge >= 0.3 is 0 Å². The van der Waals surface area contributed by atoms with E-state index < -0.39 is 97.2 Å². The molecule has 4 heterocycles. The Kier molecular flexibility index (Phi) is 13.1. The van der Waals surface area contributed by atoms with E-state index in [1.807, 2.05) is 6.92 Å². The van der Waals surface area contributed by atoms with Crippen molar-refractivity contribution in [1.82, 2.24) is 35.0 Å². The lowest BCUT2D eigenvalue weighted by atomic mass is 9.94. The summed E-state index contributed by atoms with van der Waals surface area (Å²) in [6, 6.07) is 3.80. The Balaban J connectivity index is 1.43. The second-order valence-electron chi connectivity index (χ2n) is 16.5. The van der Waals surface area contributed by atoms with Gasteiger partial charge in [0.25, 0.3) is 11.8 Å². The van der Waals surface area contributed by atoms with E-state index in [2.05, 4.69) is 15.6 Å². The number of rotatable bonds is 16. The van der Waals surface area contributed by atoms with Crippen LogP contribution in [0.3, 0.4) is 0 Å². The molecular formula is C43H53F6N7O4. The van der Waals surface area contributed by atoms with Crippen LogP contribution in [0.2, 0.25) is 0 Å². The van der Waals surface area contributed by atoms with E-state index >= 15 is 17.6 Å². The van der Waals surface area contributed by atoms with Gasteiger partial charge < -0.3 is 30.0 Å². The van der Waals surface area contributed by atoms with Gasteiger partial charge in [0.1, 0.15) is 23.5 Å². The van der Waals surface area contributed by atoms with E-state index in [-0.39, 0.29) is 66.5 Å². The molecule has 2 aromatic carbocycles. The summed E-state index contributed by atoms with van der Waals surface area (Å²) in [6.07, 6.45) is -0.864. The third-order valence-electron chi connectivity index (χ3n) is 12.2. The summed E-state index contributed by atoms with van der Waals surface area (Å²) in [4.78, 5) is 63.7. The molecule has 2 saturated heterocycles. The normalized spacial score (nSPS) is 20.7. The van der Waals surface area contributed by atoms with E-state index in [0.29, 0.717) is 22.9 Å². The molecule has 4 aromatic rings. The number of amides is 3. The van der Waals surface area contributed by atoms with Gasteiger partial charge in [0.2, 0.25) is 17.7 Å². The Bertz CT molecular complexity index is 2100. The van der Waals surface area contributed by atoms with Crippen molar-refractivity contribution in [2.24, 2.45) is 11.8 Å². The number of aromatic amines is 1. The highest BCUT2D eigenvalue weighted by atomic mass is 19.3. The standard InChI is InChI=1S/C43H53F6N7O4/c1-7-23(4)39(58)53-32(9-3)41(60)56-22-43(48,49)19-29(56)20-54-35-13-11-27(45)16-34(35)52-38(54)37-31(30-12-10-26(44)15-33(30)51-37)17-28-18-42(46,47)21-55(28)40(59)25(8-2)14-36(57)24(5)50-6/h10-13,15-16,23-25,28-29,32,50-51H,7-9,14,17-22H2,1-6H3,(H,53,58). The maximum atomic E-state index is 15.4. The molecule has 6 atom stereocenters. The van der Waals surface area contributed by atoms with Crippen LogP contribution in [0.4, 0.5) is 26.3 Å². The minimum Gasteiger partial charge on any atom is -0.352 e. The number of hydrogen-bond acceptors (Lipinski definition) is 6. The van der Waals surface area contributed by atoms with E-state index in [9.17, 15) is 28.0 Å². The third-order valence-corrected chi connectivity index (χ3v) is 12.2. The lowest BCUT2D eigenvalue weighted by Crippen LogP contribution is -2.51. The van der Waals surface area contributed by atoms with E-state index in [1.54, 1.807) is 39.3 Å². The molecule has 2 aromatic heterocycles. The maximum Gasteiger partial charge on any atom is 0.267 e. The number of nitrogens with zero attached hydrogens (tertiary/aromatic N) is 4.